The van der Waals surface area contributed by atoms with Gasteiger partial charge in [0, 0.05) is 10.4 Å². The topological polar surface area (TPSA) is 30.7 Å². The Bertz CT molecular complexity index is 533. The third-order valence-corrected chi connectivity index (χ3v) is 3.95. The van der Waals surface area contributed by atoms with Crippen molar-refractivity contribution in [3.05, 3.63) is 60.2 Å². The van der Waals surface area contributed by atoms with Gasteiger partial charge in [-0.2, -0.15) is 5.10 Å². The molecule has 1 heterocycles. The van der Waals surface area contributed by atoms with Gasteiger partial charge in [-0.15, -0.1) is 6.58 Å². The largest absolute Gasteiger partial charge is 0.252 e. The van der Waals surface area contributed by atoms with E-state index in [0.29, 0.717) is 0 Å². The molecule has 0 bridgehead atoms. The van der Waals surface area contributed by atoms with Crippen molar-refractivity contribution < 1.29 is 0 Å². The van der Waals surface area contributed by atoms with Crippen molar-refractivity contribution in [2.45, 2.75) is 38.1 Å². The average Bonchev–Trinajstić information content (AvgIpc) is 2.97. The average molecular weight is 290 g/mol. The number of hydrogen-bond acceptors (Lipinski definition) is 2. The van der Waals surface area contributed by atoms with Gasteiger partial charge in [0.25, 0.3) is 0 Å². The first-order chi connectivity index (χ1) is 9.70. The van der Waals surface area contributed by atoms with Crippen molar-refractivity contribution in [1.82, 2.24) is 14.8 Å². The second kappa shape index (κ2) is 6.71. The van der Waals surface area contributed by atoms with Crippen LogP contribution in [0.1, 0.15) is 31.7 Å². The number of allylic oxidation sites excluding steroid dienone is 1. The quantitative estimate of drug-likeness (QED) is 0.714. The molecule has 1 atom stereocenters. The molecule has 106 valence electrons. The molecule has 0 aliphatic heterocycles. The Morgan fingerprint density at radius 1 is 1.35 bits per heavy atom. The molecular weight excluding hydrogens is 270 g/mol. The van der Waals surface area contributed by atoms with Crippen LogP contribution < -0.4 is 0 Å². The van der Waals surface area contributed by atoms with Gasteiger partial charge in [-0.05, 0) is 24.1 Å². The minimum absolute atomic E-state index is 0.131. The van der Waals surface area contributed by atoms with E-state index in [1.54, 1.807) is 12.7 Å². The normalized spacial score (nSPS) is 13.9. The van der Waals surface area contributed by atoms with Crippen LogP contribution in [0.3, 0.4) is 0 Å². The summed E-state index contributed by atoms with van der Waals surface area (Å²) in [4.78, 5) is 4.03. The van der Waals surface area contributed by atoms with Gasteiger partial charge in [0.2, 0.25) is 0 Å². The van der Waals surface area contributed by atoms with E-state index in [0.717, 1.165) is 30.8 Å². The highest BCUT2D eigenvalue weighted by Gasteiger charge is 2.29. The van der Waals surface area contributed by atoms with Crippen molar-refractivity contribution in [3.63, 3.8) is 0 Å². The molecule has 1 unspecified atom stereocenters. The van der Waals surface area contributed by atoms with Gasteiger partial charge < -0.3 is 0 Å². The fourth-order valence-corrected chi connectivity index (χ4v) is 2.60. The molecule has 0 aliphatic carbocycles. The van der Waals surface area contributed by atoms with Gasteiger partial charge in [0.05, 0.1) is 6.54 Å². The fourth-order valence-electron chi connectivity index (χ4n) is 2.48. The minimum atomic E-state index is -0.131. The van der Waals surface area contributed by atoms with E-state index < -0.39 is 0 Å². The lowest BCUT2D eigenvalue weighted by molar-refractivity contribution is 0.381. The Kier molecular flexibility index (Phi) is 4.96. The van der Waals surface area contributed by atoms with E-state index >= 15 is 0 Å². The summed E-state index contributed by atoms with van der Waals surface area (Å²) in [6, 6.07) is 8.03. The summed E-state index contributed by atoms with van der Waals surface area (Å²) in [5.41, 5.74) is 1.09. The highest BCUT2D eigenvalue weighted by atomic mass is 35.5. The Hall–Kier alpha value is -1.61. The van der Waals surface area contributed by atoms with E-state index in [4.69, 9.17) is 11.6 Å². The maximum Gasteiger partial charge on any atom is 0.137 e. The number of unbranched alkanes of at least 4 members (excludes halogenated alkanes) is 1. The summed E-state index contributed by atoms with van der Waals surface area (Å²) in [7, 11) is 0. The van der Waals surface area contributed by atoms with E-state index in [1.807, 2.05) is 22.9 Å². The summed E-state index contributed by atoms with van der Waals surface area (Å²) in [5, 5.41) is 4.98. The van der Waals surface area contributed by atoms with Gasteiger partial charge in [-0.25, -0.2) is 4.98 Å². The Morgan fingerprint density at radius 2 is 2.10 bits per heavy atom. The molecule has 4 heteroatoms. The number of rotatable bonds is 7. The molecule has 0 amide bonds. The number of hydrogen-bond donors (Lipinski definition) is 0. The summed E-state index contributed by atoms with van der Waals surface area (Å²) in [6.07, 6.45) is 8.68. The predicted octanol–water partition coefficient (Wildman–Crippen LogP) is 4.25. The zero-order chi connectivity index (χ0) is 14.4. The highest BCUT2D eigenvalue weighted by molar-refractivity contribution is 6.30. The lowest BCUT2D eigenvalue weighted by Crippen LogP contribution is -2.30. The van der Waals surface area contributed by atoms with Crippen LogP contribution in [0.25, 0.3) is 0 Å². The van der Waals surface area contributed by atoms with Gasteiger partial charge in [0.15, 0.2) is 0 Å². The molecule has 3 nitrogen and oxygen atoms in total. The first-order valence-electron chi connectivity index (χ1n) is 6.92. The zero-order valence-corrected chi connectivity index (χ0v) is 12.6. The fraction of sp³-hybridized carbons (Fsp3) is 0.375. The number of aromatic nitrogens is 3. The molecule has 1 aromatic heterocycles. The molecule has 0 saturated heterocycles. The summed E-state index contributed by atoms with van der Waals surface area (Å²) < 4.78 is 1.87. The van der Waals surface area contributed by atoms with Crippen molar-refractivity contribution in [2.24, 2.45) is 0 Å². The van der Waals surface area contributed by atoms with Crippen LogP contribution in [-0.2, 0) is 12.0 Å². The standard InChI is InChI=1S/C16H20ClN3/c1-3-5-10-16(4-2,11-20-13-18-12-19-20)14-6-8-15(17)9-7-14/h4,6-9,12-13H,2-3,5,10-11H2,1H3. The predicted molar refractivity (Wildman–Crippen MR) is 82.9 cm³/mol. The van der Waals surface area contributed by atoms with Crippen LogP contribution in [0.2, 0.25) is 5.02 Å². The SMILES string of the molecule is C=CC(CCCC)(Cn1cncn1)c1ccc(Cl)cc1. The Balaban J connectivity index is 2.35. The van der Waals surface area contributed by atoms with Crippen LogP contribution in [0.5, 0.6) is 0 Å². The minimum Gasteiger partial charge on any atom is -0.252 e. The highest BCUT2D eigenvalue weighted by Crippen LogP contribution is 2.33. The Morgan fingerprint density at radius 3 is 2.65 bits per heavy atom. The zero-order valence-electron chi connectivity index (χ0n) is 11.8. The third-order valence-electron chi connectivity index (χ3n) is 3.70. The van der Waals surface area contributed by atoms with Gasteiger partial charge in [-0.1, -0.05) is 49.6 Å². The van der Waals surface area contributed by atoms with Crippen molar-refractivity contribution in [2.75, 3.05) is 0 Å². The van der Waals surface area contributed by atoms with Crippen LogP contribution >= 0.6 is 11.6 Å². The van der Waals surface area contributed by atoms with Gasteiger partial charge in [-0.3, -0.25) is 4.68 Å². The van der Waals surface area contributed by atoms with E-state index in [-0.39, 0.29) is 5.41 Å². The second-order valence-electron chi connectivity index (χ2n) is 5.06. The smallest absolute Gasteiger partial charge is 0.137 e. The van der Waals surface area contributed by atoms with Gasteiger partial charge in [0.1, 0.15) is 12.7 Å². The molecule has 1 aromatic carbocycles. The van der Waals surface area contributed by atoms with E-state index in [2.05, 4.69) is 35.7 Å². The molecule has 2 rings (SSSR count). The molecule has 0 radical (unpaired) electrons. The first kappa shape index (κ1) is 14.8. The maximum absolute atomic E-state index is 6.00. The van der Waals surface area contributed by atoms with E-state index in [9.17, 15) is 0 Å². The summed E-state index contributed by atoms with van der Waals surface area (Å²) in [6.45, 7) is 7.02. The van der Waals surface area contributed by atoms with Crippen LogP contribution in [-0.4, -0.2) is 14.8 Å². The molecular formula is C16H20ClN3. The molecule has 0 aliphatic rings. The summed E-state index contributed by atoms with van der Waals surface area (Å²) >= 11 is 6.00. The summed E-state index contributed by atoms with van der Waals surface area (Å²) in [5.74, 6) is 0. The number of nitrogens with zero attached hydrogens (tertiary/aromatic N) is 3. The van der Waals surface area contributed by atoms with Crippen LogP contribution in [0.4, 0.5) is 0 Å². The monoisotopic (exact) mass is 289 g/mol. The van der Waals surface area contributed by atoms with Crippen molar-refractivity contribution >= 4 is 11.6 Å². The van der Waals surface area contributed by atoms with E-state index in [1.165, 1.54) is 5.56 Å². The van der Waals surface area contributed by atoms with Gasteiger partial charge >= 0.3 is 0 Å². The first-order valence-corrected chi connectivity index (χ1v) is 7.30. The lowest BCUT2D eigenvalue weighted by Gasteiger charge is -2.31. The number of benzene rings is 1. The number of halogens is 1. The van der Waals surface area contributed by atoms with Crippen molar-refractivity contribution in [1.29, 1.82) is 0 Å². The molecule has 0 saturated carbocycles. The second-order valence-corrected chi connectivity index (χ2v) is 5.50. The lowest BCUT2D eigenvalue weighted by atomic mass is 9.76. The molecule has 20 heavy (non-hydrogen) atoms. The van der Waals surface area contributed by atoms with Crippen LogP contribution in [0, 0.1) is 0 Å². The molecule has 0 N–H and O–H groups in total. The van der Waals surface area contributed by atoms with Crippen LogP contribution in [0.15, 0.2) is 49.6 Å². The maximum atomic E-state index is 6.00. The molecule has 0 spiro atoms. The third kappa shape index (κ3) is 3.28. The van der Waals surface area contributed by atoms with Crippen molar-refractivity contribution in [3.8, 4) is 0 Å². The molecule has 2 aromatic rings. The molecule has 0 fully saturated rings. The Labute approximate surface area is 125 Å².